The monoisotopic (exact) mass is 286 g/mol. The smallest absolute Gasteiger partial charge is 0.417 e. The molecule has 1 aromatic carbocycles. The maximum Gasteiger partial charge on any atom is 0.417 e. The molecular formula is C13H13F3N2O2. The number of carboxylic acid groups (broad SMARTS) is 1. The Bertz CT molecular complexity index is 535. The van der Waals surface area contributed by atoms with Crippen LogP contribution in [-0.4, -0.2) is 17.6 Å². The Morgan fingerprint density at radius 2 is 2.15 bits per heavy atom. The predicted molar refractivity (Wildman–Crippen MR) is 66.1 cm³/mol. The summed E-state index contributed by atoms with van der Waals surface area (Å²) in [6.45, 7) is 2.00. The van der Waals surface area contributed by atoms with E-state index in [1.165, 1.54) is 12.1 Å². The number of nitrogens with zero attached hydrogens (tertiary/aromatic N) is 1. The highest BCUT2D eigenvalue weighted by Crippen LogP contribution is 2.33. The molecule has 0 aliphatic rings. The number of aliphatic carboxylic acids is 1. The van der Waals surface area contributed by atoms with Crippen LogP contribution in [-0.2, 0) is 11.0 Å². The first-order valence-electron chi connectivity index (χ1n) is 5.81. The Morgan fingerprint density at radius 3 is 2.65 bits per heavy atom. The lowest BCUT2D eigenvalue weighted by Gasteiger charge is -2.14. The molecule has 0 saturated heterocycles. The van der Waals surface area contributed by atoms with Crippen molar-refractivity contribution in [3.8, 4) is 6.07 Å². The van der Waals surface area contributed by atoms with Gasteiger partial charge in [0.15, 0.2) is 0 Å². The van der Waals surface area contributed by atoms with E-state index < -0.39 is 23.3 Å². The number of benzene rings is 1. The van der Waals surface area contributed by atoms with Gasteiger partial charge in [-0.2, -0.15) is 18.4 Å². The summed E-state index contributed by atoms with van der Waals surface area (Å²) in [5.41, 5.74) is -1.09. The Labute approximate surface area is 113 Å². The van der Waals surface area contributed by atoms with Gasteiger partial charge >= 0.3 is 12.1 Å². The largest absolute Gasteiger partial charge is 0.481 e. The highest BCUT2D eigenvalue weighted by Gasteiger charge is 2.33. The number of alkyl halides is 3. The van der Waals surface area contributed by atoms with Crippen LogP contribution in [0.4, 0.5) is 18.9 Å². The van der Waals surface area contributed by atoms with Crippen molar-refractivity contribution < 1.29 is 23.1 Å². The first kappa shape index (κ1) is 15.8. The molecule has 4 nitrogen and oxygen atoms in total. The van der Waals surface area contributed by atoms with Gasteiger partial charge in [-0.15, -0.1) is 0 Å². The van der Waals surface area contributed by atoms with Crippen molar-refractivity contribution in [3.63, 3.8) is 0 Å². The van der Waals surface area contributed by atoms with E-state index in [0.717, 1.165) is 12.1 Å². The average Bonchev–Trinajstić information content (AvgIpc) is 2.34. The molecule has 1 rings (SSSR count). The Kier molecular flexibility index (Phi) is 4.97. The van der Waals surface area contributed by atoms with Crippen molar-refractivity contribution in [2.45, 2.75) is 19.5 Å². The lowest BCUT2D eigenvalue weighted by Crippen LogP contribution is -2.15. The summed E-state index contributed by atoms with van der Waals surface area (Å²) in [5.74, 6) is -1.12. The van der Waals surface area contributed by atoms with E-state index in [0.29, 0.717) is 12.2 Å². The number of halogens is 3. The summed E-state index contributed by atoms with van der Waals surface area (Å²) in [7, 11) is 0. The number of carbonyl (C=O) groups is 1. The standard InChI is InChI=1S/C13H13F3N2O2/c1-8(4-12(19)20)7-18-10-2-3-11(13(14,15)16)9(5-10)6-17/h2-3,5,8,18H,4,7H2,1H3,(H,19,20). The van der Waals surface area contributed by atoms with Gasteiger partial charge in [-0.3, -0.25) is 4.79 Å². The second-order valence-electron chi connectivity index (χ2n) is 4.45. The summed E-state index contributed by atoms with van der Waals surface area (Å²) in [6, 6.07) is 4.67. The topological polar surface area (TPSA) is 73.1 Å². The molecule has 0 fully saturated rings. The van der Waals surface area contributed by atoms with Gasteiger partial charge in [-0.1, -0.05) is 6.92 Å². The third-order valence-electron chi connectivity index (χ3n) is 2.62. The van der Waals surface area contributed by atoms with E-state index in [1.54, 1.807) is 6.92 Å². The molecule has 0 aromatic heterocycles. The van der Waals surface area contributed by atoms with Crippen molar-refractivity contribution in [3.05, 3.63) is 29.3 Å². The second-order valence-corrected chi connectivity index (χ2v) is 4.45. The maximum absolute atomic E-state index is 12.6. The van der Waals surface area contributed by atoms with Gasteiger partial charge in [0.1, 0.15) is 0 Å². The van der Waals surface area contributed by atoms with Crippen LogP contribution in [0.25, 0.3) is 0 Å². The van der Waals surface area contributed by atoms with Gasteiger partial charge in [0.2, 0.25) is 0 Å². The average molecular weight is 286 g/mol. The van der Waals surface area contributed by atoms with Crippen LogP contribution < -0.4 is 5.32 Å². The second kappa shape index (κ2) is 6.28. The third-order valence-corrected chi connectivity index (χ3v) is 2.62. The van der Waals surface area contributed by atoms with E-state index >= 15 is 0 Å². The molecule has 1 aromatic rings. The molecule has 20 heavy (non-hydrogen) atoms. The summed E-state index contributed by atoms with van der Waals surface area (Å²) < 4.78 is 37.8. The van der Waals surface area contributed by atoms with Crippen molar-refractivity contribution >= 4 is 11.7 Å². The molecule has 108 valence electrons. The number of nitriles is 1. The molecule has 0 radical (unpaired) electrons. The van der Waals surface area contributed by atoms with Crippen LogP contribution in [0.15, 0.2) is 18.2 Å². The highest BCUT2D eigenvalue weighted by molar-refractivity contribution is 5.67. The Morgan fingerprint density at radius 1 is 1.50 bits per heavy atom. The van der Waals surface area contributed by atoms with Crippen LogP contribution in [0.2, 0.25) is 0 Å². The molecule has 0 heterocycles. The van der Waals surface area contributed by atoms with Gasteiger partial charge < -0.3 is 10.4 Å². The normalized spacial score (nSPS) is 12.6. The Hall–Kier alpha value is -2.23. The SMILES string of the molecule is CC(CNc1ccc(C(F)(F)F)c(C#N)c1)CC(=O)O. The molecule has 7 heteroatoms. The first-order valence-corrected chi connectivity index (χ1v) is 5.81. The van der Waals surface area contributed by atoms with Crippen LogP contribution in [0.1, 0.15) is 24.5 Å². The number of anilines is 1. The molecule has 2 N–H and O–H groups in total. The Balaban J connectivity index is 2.80. The van der Waals surface area contributed by atoms with Gasteiger partial charge in [-0.25, -0.2) is 0 Å². The van der Waals surface area contributed by atoms with Crippen molar-refractivity contribution in [2.24, 2.45) is 5.92 Å². The fourth-order valence-electron chi connectivity index (χ4n) is 1.66. The highest BCUT2D eigenvalue weighted by atomic mass is 19.4. The predicted octanol–water partition coefficient (Wildman–Crippen LogP) is 3.10. The van der Waals surface area contributed by atoms with Gasteiger partial charge in [-0.05, 0) is 24.1 Å². The van der Waals surface area contributed by atoms with Crippen molar-refractivity contribution in [1.82, 2.24) is 0 Å². The fraction of sp³-hybridized carbons (Fsp3) is 0.385. The van der Waals surface area contributed by atoms with Crippen molar-refractivity contribution in [2.75, 3.05) is 11.9 Å². The van der Waals surface area contributed by atoms with E-state index in [2.05, 4.69) is 5.32 Å². The van der Waals surface area contributed by atoms with Crippen LogP contribution >= 0.6 is 0 Å². The molecule has 0 spiro atoms. The third kappa shape index (κ3) is 4.46. The summed E-state index contributed by atoms with van der Waals surface area (Å²) in [6.07, 6.45) is -4.61. The number of hydrogen-bond donors (Lipinski definition) is 2. The lowest BCUT2D eigenvalue weighted by molar-refractivity contribution is -0.138. The van der Waals surface area contributed by atoms with E-state index in [4.69, 9.17) is 10.4 Å². The van der Waals surface area contributed by atoms with Gasteiger partial charge in [0.05, 0.1) is 17.2 Å². The van der Waals surface area contributed by atoms with Gasteiger partial charge in [0.25, 0.3) is 0 Å². The zero-order valence-electron chi connectivity index (χ0n) is 10.7. The summed E-state index contributed by atoms with van der Waals surface area (Å²) in [4.78, 5) is 10.5. The number of carboxylic acids is 1. The lowest BCUT2D eigenvalue weighted by atomic mass is 10.1. The maximum atomic E-state index is 12.6. The van der Waals surface area contributed by atoms with E-state index in [-0.39, 0.29) is 12.3 Å². The molecule has 0 amide bonds. The van der Waals surface area contributed by atoms with E-state index in [9.17, 15) is 18.0 Å². The molecule has 1 atom stereocenters. The summed E-state index contributed by atoms with van der Waals surface area (Å²) >= 11 is 0. The first-order chi connectivity index (χ1) is 9.24. The zero-order chi connectivity index (χ0) is 15.3. The fourth-order valence-corrected chi connectivity index (χ4v) is 1.66. The summed E-state index contributed by atoms with van der Waals surface area (Å²) in [5, 5.41) is 20.2. The number of nitrogens with one attached hydrogen (secondary N) is 1. The molecule has 0 aliphatic heterocycles. The van der Waals surface area contributed by atoms with Gasteiger partial charge in [0, 0.05) is 18.7 Å². The molecule has 1 unspecified atom stereocenters. The van der Waals surface area contributed by atoms with E-state index in [1.807, 2.05) is 0 Å². The minimum absolute atomic E-state index is 0.0429. The molecule has 0 saturated carbocycles. The number of hydrogen-bond acceptors (Lipinski definition) is 3. The number of rotatable bonds is 5. The zero-order valence-corrected chi connectivity index (χ0v) is 10.7. The quantitative estimate of drug-likeness (QED) is 0.872. The van der Waals surface area contributed by atoms with Crippen LogP contribution in [0.5, 0.6) is 0 Å². The minimum Gasteiger partial charge on any atom is -0.481 e. The minimum atomic E-state index is -4.57. The van der Waals surface area contributed by atoms with Crippen LogP contribution in [0, 0.1) is 17.2 Å². The molecule has 0 aliphatic carbocycles. The molecular weight excluding hydrogens is 273 g/mol. The van der Waals surface area contributed by atoms with Crippen molar-refractivity contribution in [1.29, 1.82) is 5.26 Å². The van der Waals surface area contributed by atoms with Crippen LogP contribution in [0.3, 0.4) is 0 Å². The molecule has 0 bridgehead atoms.